The fourth-order valence-corrected chi connectivity index (χ4v) is 4.75. The summed E-state index contributed by atoms with van der Waals surface area (Å²) in [6, 6.07) is 37.0. The smallest absolute Gasteiger partial charge is 0.310 e. The summed E-state index contributed by atoms with van der Waals surface area (Å²) in [5.41, 5.74) is 1.99. The van der Waals surface area contributed by atoms with Crippen molar-refractivity contribution >= 4 is 34.5 Å². The summed E-state index contributed by atoms with van der Waals surface area (Å²) in [4.78, 5) is 14.9. The van der Waals surface area contributed by atoms with Crippen LogP contribution in [0.25, 0.3) is 55.7 Å². The second-order valence-electron chi connectivity index (χ2n) is 11.4. The van der Waals surface area contributed by atoms with E-state index in [1.165, 1.54) is 5.39 Å². The van der Waals surface area contributed by atoms with Gasteiger partial charge in [0, 0.05) is 16.7 Å². The first kappa shape index (κ1) is 26.8. The highest BCUT2D eigenvalue weighted by Gasteiger charge is 2.35. The molecular weight excluding hydrogens is 505 g/mol. The largest absolute Gasteiger partial charge is 0.427 e. The molecule has 5 nitrogen and oxygen atoms in total. The van der Waals surface area contributed by atoms with Gasteiger partial charge in [0.25, 0.3) is 0 Å². The van der Waals surface area contributed by atoms with Crippen LogP contribution >= 0.6 is 0 Å². The number of rotatable bonds is 7. The average Bonchev–Trinajstić information content (AvgIpc) is 2.99. The lowest BCUT2D eigenvalue weighted by Gasteiger charge is -2.37. The van der Waals surface area contributed by atoms with E-state index >= 15 is 0 Å². The average molecular weight is 537 g/mol. The van der Waals surface area contributed by atoms with Crippen molar-refractivity contribution in [1.29, 1.82) is 0 Å². The van der Waals surface area contributed by atoms with Crippen LogP contribution in [-0.4, -0.2) is 38.7 Å². The predicted molar refractivity (Wildman–Crippen MR) is 169 cm³/mol. The molecule has 6 rings (SSSR count). The Morgan fingerprint density at radius 1 is 0.561 bits per heavy atom. The zero-order chi connectivity index (χ0) is 28.6. The predicted octanol–water partition coefficient (Wildman–Crippen LogP) is 6.72. The van der Waals surface area contributed by atoms with Gasteiger partial charge in [0.1, 0.15) is 0 Å². The van der Waals surface area contributed by atoms with Gasteiger partial charge in [0.05, 0.1) is 11.2 Å². The summed E-state index contributed by atoms with van der Waals surface area (Å²) in [7, 11) is 0.333. The SMILES string of the molecule is CC(C)(O)C(C)(C)OBc1cc(-c2nc(-c3ccccc3)nc(-c3ccc4ccccc4c3)n2)cc2ccccc12. The third-order valence-electron chi connectivity index (χ3n) is 7.94. The molecule has 0 unspecified atom stereocenters. The van der Waals surface area contributed by atoms with Gasteiger partial charge in [0.15, 0.2) is 17.5 Å². The number of nitrogens with zero attached hydrogens (tertiary/aromatic N) is 3. The second-order valence-corrected chi connectivity index (χ2v) is 11.4. The molecule has 1 aromatic heterocycles. The lowest BCUT2D eigenvalue weighted by atomic mass is 9.79. The van der Waals surface area contributed by atoms with Crippen molar-refractivity contribution < 1.29 is 9.76 Å². The maximum atomic E-state index is 10.7. The third-order valence-corrected chi connectivity index (χ3v) is 7.94. The van der Waals surface area contributed by atoms with Gasteiger partial charge < -0.3 is 9.76 Å². The van der Waals surface area contributed by atoms with E-state index in [1.807, 2.05) is 68.4 Å². The zero-order valence-electron chi connectivity index (χ0n) is 23.8. The molecule has 202 valence electrons. The summed E-state index contributed by atoms with van der Waals surface area (Å²) in [5.74, 6) is 1.83. The summed E-state index contributed by atoms with van der Waals surface area (Å²) < 4.78 is 6.30. The third kappa shape index (κ3) is 5.49. The van der Waals surface area contributed by atoms with Crippen molar-refractivity contribution in [3.05, 3.63) is 109 Å². The van der Waals surface area contributed by atoms with Crippen molar-refractivity contribution in [2.24, 2.45) is 0 Å². The molecule has 0 spiro atoms. The first-order valence-corrected chi connectivity index (χ1v) is 13.9. The Labute approximate surface area is 241 Å². The molecular formula is C35H32BN3O2. The van der Waals surface area contributed by atoms with Crippen LogP contribution in [0, 0.1) is 0 Å². The van der Waals surface area contributed by atoms with Gasteiger partial charge in [0.2, 0.25) is 0 Å². The van der Waals surface area contributed by atoms with Gasteiger partial charge in [-0.15, -0.1) is 0 Å². The van der Waals surface area contributed by atoms with Crippen molar-refractivity contribution in [3.8, 4) is 34.2 Å². The van der Waals surface area contributed by atoms with E-state index in [9.17, 15) is 5.11 Å². The zero-order valence-corrected chi connectivity index (χ0v) is 23.8. The van der Waals surface area contributed by atoms with Gasteiger partial charge in [-0.05, 0) is 66.8 Å². The van der Waals surface area contributed by atoms with Crippen LogP contribution in [0.15, 0.2) is 109 Å². The molecule has 0 bridgehead atoms. The number of fused-ring (bicyclic) bond motifs is 2. The van der Waals surface area contributed by atoms with Crippen LogP contribution in [0.1, 0.15) is 27.7 Å². The molecule has 5 aromatic carbocycles. The number of hydrogen-bond donors (Lipinski definition) is 1. The van der Waals surface area contributed by atoms with Crippen molar-refractivity contribution in [3.63, 3.8) is 0 Å². The maximum Gasteiger partial charge on any atom is 0.310 e. The molecule has 0 aliphatic rings. The molecule has 6 aromatic rings. The van der Waals surface area contributed by atoms with Crippen LogP contribution in [0.5, 0.6) is 0 Å². The van der Waals surface area contributed by atoms with E-state index in [0.29, 0.717) is 25.0 Å². The van der Waals surface area contributed by atoms with E-state index in [-0.39, 0.29) is 0 Å². The summed E-state index contributed by atoms with van der Waals surface area (Å²) >= 11 is 0. The van der Waals surface area contributed by atoms with Gasteiger partial charge in [-0.1, -0.05) is 97.1 Å². The van der Waals surface area contributed by atoms with Crippen molar-refractivity contribution in [2.75, 3.05) is 0 Å². The second kappa shape index (κ2) is 10.5. The number of benzene rings is 5. The fourth-order valence-electron chi connectivity index (χ4n) is 4.75. The molecule has 0 aliphatic carbocycles. The Kier molecular flexibility index (Phi) is 6.90. The first-order valence-electron chi connectivity index (χ1n) is 13.9. The van der Waals surface area contributed by atoms with Crippen LogP contribution in [0.2, 0.25) is 0 Å². The van der Waals surface area contributed by atoms with Crippen LogP contribution in [-0.2, 0) is 4.65 Å². The summed E-state index contributed by atoms with van der Waals surface area (Å²) in [5, 5.41) is 15.1. The molecule has 0 amide bonds. The molecule has 0 saturated carbocycles. The minimum Gasteiger partial charge on any atom is -0.427 e. The number of aliphatic hydroxyl groups is 1. The number of hydrogen-bond acceptors (Lipinski definition) is 5. The highest BCUT2D eigenvalue weighted by Crippen LogP contribution is 2.29. The van der Waals surface area contributed by atoms with E-state index < -0.39 is 11.2 Å². The van der Waals surface area contributed by atoms with Crippen LogP contribution in [0.3, 0.4) is 0 Å². The molecule has 0 saturated heterocycles. The Bertz CT molecular complexity index is 1860. The molecule has 0 atom stereocenters. The van der Waals surface area contributed by atoms with Gasteiger partial charge in [-0.25, -0.2) is 15.0 Å². The van der Waals surface area contributed by atoms with Gasteiger partial charge >= 0.3 is 7.48 Å². The Balaban J connectivity index is 1.50. The van der Waals surface area contributed by atoms with E-state index in [1.54, 1.807) is 13.8 Å². The monoisotopic (exact) mass is 537 g/mol. The van der Waals surface area contributed by atoms with E-state index in [2.05, 4.69) is 54.6 Å². The molecule has 0 radical (unpaired) electrons. The number of aromatic nitrogens is 3. The molecule has 41 heavy (non-hydrogen) atoms. The molecule has 0 aliphatic heterocycles. The molecule has 0 fully saturated rings. The Morgan fingerprint density at radius 3 is 1.83 bits per heavy atom. The lowest BCUT2D eigenvalue weighted by Crippen LogP contribution is -2.49. The quantitative estimate of drug-likeness (QED) is 0.229. The standard InChI is InChI=1S/C35H32BN3O2/c1-34(2,40)35(3,4)41-36-30-22-28(21-26-16-10-11-17-29(26)30)33-38-31(24-13-6-5-7-14-24)37-32(39-33)27-19-18-23-12-8-9-15-25(23)20-27/h5-22,36,40H,1-4H3. The highest BCUT2D eigenvalue weighted by atomic mass is 16.5. The minimum atomic E-state index is -1.01. The Morgan fingerprint density at radius 2 is 1.12 bits per heavy atom. The van der Waals surface area contributed by atoms with Crippen LogP contribution < -0.4 is 5.46 Å². The molecule has 1 heterocycles. The minimum absolute atomic E-state index is 0.333. The maximum absolute atomic E-state index is 10.7. The molecule has 6 heteroatoms. The van der Waals surface area contributed by atoms with Gasteiger partial charge in [-0.2, -0.15) is 0 Å². The van der Waals surface area contributed by atoms with E-state index in [4.69, 9.17) is 19.6 Å². The topological polar surface area (TPSA) is 68.1 Å². The van der Waals surface area contributed by atoms with Crippen molar-refractivity contribution in [1.82, 2.24) is 15.0 Å². The van der Waals surface area contributed by atoms with Crippen molar-refractivity contribution in [2.45, 2.75) is 38.9 Å². The summed E-state index contributed by atoms with van der Waals surface area (Å²) in [6.07, 6.45) is 0. The Hall–Kier alpha value is -4.39. The highest BCUT2D eigenvalue weighted by molar-refractivity contribution is 6.51. The van der Waals surface area contributed by atoms with Gasteiger partial charge in [-0.3, -0.25) is 0 Å². The molecule has 1 N–H and O–H groups in total. The van der Waals surface area contributed by atoms with Crippen LogP contribution in [0.4, 0.5) is 0 Å². The fraction of sp³-hybridized carbons (Fsp3) is 0.171. The first-order chi connectivity index (χ1) is 19.7. The lowest BCUT2D eigenvalue weighted by molar-refractivity contribution is -0.0893. The normalized spacial score (nSPS) is 12.1. The summed E-state index contributed by atoms with van der Waals surface area (Å²) in [6.45, 7) is 7.36. The van der Waals surface area contributed by atoms with E-state index in [0.717, 1.165) is 38.3 Å².